The van der Waals surface area contributed by atoms with Gasteiger partial charge in [-0.3, -0.25) is 0 Å². The van der Waals surface area contributed by atoms with Crippen LogP contribution in [-0.2, 0) is 6.18 Å². The molecule has 2 atom stereocenters. The zero-order valence-electron chi connectivity index (χ0n) is 8.92. The van der Waals surface area contributed by atoms with E-state index in [9.17, 15) is 18.3 Å². The number of alkyl halides is 3. The molecule has 0 fully saturated rings. The fourth-order valence-corrected chi connectivity index (χ4v) is 1.57. The molecule has 2 unspecified atom stereocenters. The highest BCUT2D eigenvalue weighted by atomic mass is 35.5. The first-order chi connectivity index (χ1) is 7.64. The van der Waals surface area contributed by atoms with Crippen LogP contribution in [-0.4, -0.2) is 11.2 Å². The number of aliphatic hydroxyl groups is 1. The number of halogens is 4. The Kier molecular flexibility index (Phi) is 3.91. The summed E-state index contributed by atoms with van der Waals surface area (Å²) in [4.78, 5) is 0. The SMILES string of the molecule is CC(O)C(N)c1cc(Cl)c(N)c(C(F)(F)F)c1. The van der Waals surface area contributed by atoms with Crippen molar-refractivity contribution in [2.45, 2.75) is 25.2 Å². The number of anilines is 1. The Hall–Kier alpha value is -0.980. The topological polar surface area (TPSA) is 72.3 Å². The van der Waals surface area contributed by atoms with E-state index in [1.165, 1.54) is 13.0 Å². The maximum atomic E-state index is 12.6. The van der Waals surface area contributed by atoms with Crippen molar-refractivity contribution in [2.24, 2.45) is 5.73 Å². The van der Waals surface area contributed by atoms with Gasteiger partial charge in [0.25, 0.3) is 0 Å². The Balaban J connectivity index is 3.34. The zero-order chi connectivity index (χ0) is 13.4. The summed E-state index contributed by atoms with van der Waals surface area (Å²) in [6, 6.07) is 1.08. The van der Waals surface area contributed by atoms with E-state index in [2.05, 4.69) is 0 Å². The lowest BCUT2D eigenvalue weighted by molar-refractivity contribution is -0.137. The number of nitrogens with two attached hydrogens (primary N) is 2. The second kappa shape index (κ2) is 4.72. The molecule has 7 heteroatoms. The Morgan fingerprint density at radius 2 is 1.88 bits per heavy atom. The van der Waals surface area contributed by atoms with Crippen molar-refractivity contribution in [1.82, 2.24) is 0 Å². The summed E-state index contributed by atoms with van der Waals surface area (Å²) in [7, 11) is 0. The van der Waals surface area contributed by atoms with E-state index in [0.29, 0.717) is 0 Å². The van der Waals surface area contributed by atoms with Gasteiger partial charge in [0.05, 0.1) is 28.4 Å². The van der Waals surface area contributed by atoms with Gasteiger partial charge in [-0.15, -0.1) is 0 Å². The maximum absolute atomic E-state index is 12.6. The molecule has 3 nitrogen and oxygen atoms in total. The molecule has 0 radical (unpaired) electrons. The molecule has 17 heavy (non-hydrogen) atoms. The zero-order valence-corrected chi connectivity index (χ0v) is 9.68. The third-order valence-electron chi connectivity index (χ3n) is 2.36. The molecule has 0 amide bonds. The van der Waals surface area contributed by atoms with Gasteiger partial charge in [-0.1, -0.05) is 11.6 Å². The second-order valence-electron chi connectivity index (χ2n) is 3.73. The summed E-state index contributed by atoms with van der Waals surface area (Å²) in [5.41, 5.74) is 9.31. The smallest absolute Gasteiger partial charge is 0.397 e. The maximum Gasteiger partial charge on any atom is 0.418 e. The monoisotopic (exact) mass is 268 g/mol. The standard InChI is InChI=1S/C10H12ClF3N2O/c1-4(17)8(15)5-2-6(10(12,13)14)9(16)7(11)3-5/h2-4,8,17H,15-16H2,1H3. The molecule has 0 aromatic heterocycles. The molecule has 96 valence electrons. The highest BCUT2D eigenvalue weighted by Crippen LogP contribution is 2.38. The minimum Gasteiger partial charge on any atom is -0.397 e. The molecule has 0 aliphatic rings. The highest BCUT2D eigenvalue weighted by molar-refractivity contribution is 6.33. The van der Waals surface area contributed by atoms with Crippen molar-refractivity contribution < 1.29 is 18.3 Å². The molecule has 0 spiro atoms. The predicted octanol–water partition coefficient (Wildman–Crippen LogP) is 2.32. The molecule has 0 saturated heterocycles. The molecule has 0 heterocycles. The van der Waals surface area contributed by atoms with Crippen molar-refractivity contribution in [3.8, 4) is 0 Å². The predicted molar refractivity (Wildman–Crippen MR) is 59.5 cm³/mol. The van der Waals surface area contributed by atoms with Gasteiger partial charge in [-0.05, 0) is 24.6 Å². The van der Waals surface area contributed by atoms with Crippen LogP contribution < -0.4 is 11.5 Å². The van der Waals surface area contributed by atoms with Gasteiger partial charge in [0.15, 0.2) is 0 Å². The number of hydrogen-bond acceptors (Lipinski definition) is 3. The third kappa shape index (κ3) is 3.02. The first-order valence-electron chi connectivity index (χ1n) is 4.74. The van der Waals surface area contributed by atoms with Crippen LogP contribution in [0, 0.1) is 0 Å². The summed E-state index contributed by atoms with van der Waals surface area (Å²) in [5, 5.41) is 9.02. The lowest BCUT2D eigenvalue weighted by Crippen LogP contribution is -2.24. The largest absolute Gasteiger partial charge is 0.418 e. The molecule has 0 saturated carbocycles. The van der Waals surface area contributed by atoms with Crippen molar-refractivity contribution in [3.05, 3.63) is 28.3 Å². The average molecular weight is 269 g/mol. The van der Waals surface area contributed by atoms with Crippen LogP contribution in [0.25, 0.3) is 0 Å². The normalized spacial score (nSPS) is 15.7. The summed E-state index contributed by atoms with van der Waals surface area (Å²) >= 11 is 5.61. The fourth-order valence-electron chi connectivity index (χ4n) is 1.34. The van der Waals surface area contributed by atoms with Gasteiger partial charge in [0.2, 0.25) is 0 Å². The van der Waals surface area contributed by atoms with Gasteiger partial charge in [0, 0.05) is 0 Å². The van der Waals surface area contributed by atoms with E-state index in [-0.39, 0.29) is 10.6 Å². The van der Waals surface area contributed by atoms with Crippen LogP contribution >= 0.6 is 11.6 Å². The first kappa shape index (κ1) is 14.1. The molecule has 1 aromatic carbocycles. The van der Waals surface area contributed by atoms with Crippen LogP contribution in [0.1, 0.15) is 24.1 Å². The Morgan fingerprint density at radius 1 is 1.35 bits per heavy atom. The summed E-state index contributed by atoms with van der Waals surface area (Å²) < 4.78 is 37.9. The third-order valence-corrected chi connectivity index (χ3v) is 2.67. The Labute approximate surface area is 101 Å². The molecular weight excluding hydrogens is 257 g/mol. The highest BCUT2D eigenvalue weighted by Gasteiger charge is 2.34. The molecule has 1 aromatic rings. The van der Waals surface area contributed by atoms with E-state index < -0.39 is 29.6 Å². The van der Waals surface area contributed by atoms with E-state index in [1.54, 1.807) is 0 Å². The van der Waals surface area contributed by atoms with Crippen LogP contribution in [0.3, 0.4) is 0 Å². The molecule has 0 aliphatic heterocycles. The lowest BCUT2D eigenvalue weighted by Gasteiger charge is -2.19. The number of benzene rings is 1. The summed E-state index contributed by atoms with van der Waals surface area (Å²) in [6.45, 7) is 1.38. The molecule has 5 N–H and O–H groups in total. The minimum absolute atomic E-state index is 0.0894. The van der Waals surface area contributed by atoms with E-state index >= 15 is 0 Å². The number of aliphatic hydroxyl groups excluding tert-OH is 1. The van der Waals surface area contributed by atoms with Crippen molar-refractivity contribution in [2.75, 3.05) is 5.73 Å². The van der Waals surface area contributed by atoms with Crippen LogP contribution in [0.2, 0.25) is 5.02 Å². The lowest BCUT2D eigenvalue weighted by atomic mass is 9.99. The molecular formula is C10H12ClF3N2O. The number of rotatable bonds is 2. The Morgan fingerprint density at radius 3 is 2.29 bits per heavy atom. The van der Waals surface area contributed by atoms with Crippen LogP contribution in [0.5, 0.6) is 0 Å². The Bertz CT molecular complexity index is 421. The van der Waals surface area contributed by atoms with Gasteiger partial charge >= 0.3 is 6.18 Å². The van der Waals surface area contributed by atoms with Crippen molar-refractivity contribution in [3.63, 3.8) is 0 Å². The van der Waals surface area contributed by atoms with Gasteiger partial charge < -0.3 is 16.6 Å². The minimum atomic E-state index is -4.61. The average Bonchev–Trinajstić information content (AvgIpc) is 2.18. The summed E-state index contributed by atoms with van der Waals surface area (Å²) in [5.74, 6) is 0. The molecule has 0 bridgehead atoms. The fraction of sp³-hybridized carbons (Fsp3) is 0.400. The number of nitrogen functional groups attached to an aromatic ring is 1. The molecule has 1 rings (SSSR count). The van der Waals surface area contributed by atoms with Crippen molar-refractivity contribution in [1.29, 1.82) is 0 Å². The van der Waals surface area contributed by atoms with E-state index in [0.717, 1.165) is 6.07 Å². The van der Waals surface area contributed by atoms with Gasteiger partial charge in [0.1, 0.15) is 0 Å². The quantitative estimate of drug-likeness (QED) is 0.721. The van der Waals surface area contributed by atoms with E-state index in [1.807, 2.05) is 0 Å². The van der Waals surface area contributed by atoms with Gasteiger partial charge in [-0.25, -0.2) is 0 Å². The van der Waals surface area contributed by atoms with Crippen LogP contribution in [0.4, 0.5) is 18.9 Å². The van der Waals surface area contributed by atoms with Crippen molar-refractivity contribution >= 4 is 17.3 Å². The second-order valence-corrected chi connectivity index (χ2v) is 4.14. The number of hydrogen-bond donors (Lipinski definition) is 3. The van der Waals surface area contributed by atoms with Gasteiger partial charge in [-0.2, -0.15) is 13.2 Å². The van der Waals surface area contributed by atoms with E-state index in [4.69, 9.17) is 23.1 Å². The molecule has 0 aliphatic carbocycles. The summed E-state index contributed by atoms with van der Waals surface area (Å²) in [6.07, 6.45) is -5.60. The van der Waals surface area contributed by atoms with Crippen LogP contribution in [0.15, 0.2) is 12.1 Å². The first-order valence-corrected chi connectivity index (χ1v) is 5.12.